The van der Waals surface area contributed by atoms with E-state index in [9.17, 15) is 38.4 Å². The number of carbonyl (C=O) groups excluding carboxylic acids is 9. The number of Topliss-reactive ketones (excluding diaryl/α,β-unsaturated/α-hetero) is 2. The third-order valence-electron chi connectivity index (χ3n) is 16.4. The van der Waals surface area contributed by atoms with Crippen molar-refractivity contribution in [3.05, 3.63) is 108 Å². The quantitative estimate of drug-likeness (QED) is 0.0985. The zero-order valence-electron chi connectivity index (χ0n) is 54.4. The average Bonchev–Trinajstić information content (AvgIpc) is 1.01. The van der Waals surface area contributed by atoms with E-state index in [2.05, 4.69) is 5.32 Å². The molecule has 4 aromatic carbocycles. The van der Waals surface area contributed by atoms with E-state index in [4.69, 9.17) is 33.2 Å². The Balaban J connectivity index is 1.37. The Morgan fingerprint density at radius 3 is 2.20 bits per heavy atom. The summed E-state index contributed by atoms with van der Waals surface area (Å²) in [6.07, 6.45) is 4.88. The molecule has 21 heteroatoms. The number of piperidine rings is 1. The summed E-state index contributed by atoms with van der Waals surface area (Å²) in [4.78, 5) is 133. The van der Waals surface area contributed by atoms with Gasteiger partial charge in [-0.15, -0.1) is 0 Å². The average molecular weight is 1250 g/mol. The fourth-order valence-electron chi connectivity index (χ4n) is 10.9. The number of rotatable bonds is 13. The van der Waals surface area contributed by atoms with Gasteiger partial charge < -0.3 is 58.1 Å². The maximum atomic E-state index is 15.2. The summed E-state index contributed by atoms with van der Waals surface area (Å²) in [5, 5.41) is 4.59. The molecule has 0 radical (unpaired) electrons. The topological polar surface area (TPSA) is 243 Å². The second kappa shape index (κ2) is 32.9. The van der Waals surface area contributed by atoms with Crippen LogP contribution in [0.3, 0.4) is 0 Å². The van der Waals surface area contributed by atoms with Gasteiger partial charge in [0.05, 0.1) is 51.5 Å². The number of esters is 2. The molecule has 21 nitrogen and oxygen atoms in total. The van der Waals surface area contributed by atoms with Crippen molar-refractivity contribution in [2.45, 2.75) is 142 Å². The molecule has 6 rings (SSSR count). The minimum atomic E-state index is -1.51. The molecule has 5 atom stereocenters. The SMILES string of the molecule is CCCC[C@H]1C(=O)C[C@@H](Cc2ccc3ccccc3c2)C(=O)N(C)[C@@H](COC(C)(C)C)C(=O)NCC(=O)N(C)CCC=CC(=O)OCC(C)(C)C(=O)C(=O)N2CCCC[C@H]2C(=O)O[C@H](CCc2cc(OC)cc(OC)c2OC)c2cccc(c2)OCC(=O)N1C. The van der Waals surface area contributed by atoms with Crippen LogP contribution in [0.1, 0.15) is 122 Å². The molecular weight excluding hydrogens is 1150 g/mol. The highest BCUT2D eigenvalue weighted by atomic mass is 16.5. The van der Waals surface area contributed by atoms with Crippen LogP contribution in [0.4, 0.5) is 0 Å². The number of nitrogens with one attached hydrogen (secondary N) is 1. The number of unbranched alkanes of at least 4 members (excludes halogenated alkanes) is 1. The van der Waals surface area contributed by atoms with Gasteiger partial charge in [0.15, 0.2) is 23.9 Å². The molecule has 4 aromatic rings. The number of likely N-dealkylation sites (N-methyl/N-ethyl adjacent to an activating group) is 3. The molecule has 0 aliphatic carbocycles. The van der Waals surface area contributed by atoms with Gasteiger partial charge >= 0.3 is 11.9 Å². The molecule has 0 spiro atoms. The number of hydrogen-bond donors (Lipinski definition) is 1. The first kappa shape index (κ1) is 70.8. The van der Waals surface area contributed by atoms with E-state index in [1.807, 2.05) is 49.4 Å². The summed E-state index contributed by atoms with van der Waals surface area (Å²) in [7, 11) is 9.05. The Hall–Kier alpha value is -8.33. The molecule has 2 heterocycles. The number of ether oxygens (including phenoxy) is 7. The molecular formula is C69H91N5O16. The molecule has 1 saturated heterocycles. The molecule has 2 bridgehead atoms. The lowest BCUT2D eigenvalue weighted by atomic mass is 9.87. The van der Waals surface area contributed by atoms with Gasteiger partial charge in [-0.1, -0.05) is 80.4 Å². The number of benzene rings is 4. The van der Waals surface area contributed by atoms with E-state index in [1.165, 1.54) is 82.0 Å². The number of methoxy groups -OCH3 is 3. The standard InChI is InChI=1S/C69H91N5O16/c1-13-14-26-53-56(75)39-50(36-45-29-30-46-22-15-16-23-47(46)35-45)65(81)73(9)55(42-89-68(2,3)4)64(80)70-41-59(76)71(7)33-19-18-28-61(78)88-44-69(5,6)63(79)66(82)74-34-20-17-27-54(74)67(83)90-57(48-24-21-25-51(37-48)87-43-60(77)72(53)8)32-31-49-38-52(84-10)40-58(85-11)62(49)86-12/h15-16,18,21-25,28-30,35,37-38,40,50,53-55,57H,13-14,17,19-20,26-27,31-34,36,39,41-44H2,1-12H3,(H,70,80)/t50-,53+,54+,55+,57-/m1/s1. The first-order valence-electron chi connectivity index (χ1n) is 30.9. The predicted octanol–water partition coefficient (Wildman–Crippen LogP) is 7.99. The summed E-state index contributed by atoms with van der Waals surface area (Å²) in [5.74, 6) is -5.40. The lowest BCUT2D eigenvalue weighted by molar-refractivity contribution is -0.165. The molecule has 0 unspecified atom stereocenters. The van der Waals surface area contributed by atoms with Crippen LogP contribution in [0.2, 0.25) is 0 Å². The number of nitrogens with zero attached hydrogens (tertiary/aromatic N) is 4. The fourth-order valence-corrected chi connectivity index (χ4v) is 10.9. The smallest absolute Gasteiger partial charge is 0.330 e. The predicted molar refractivity (Wildman–Crippen MR) is 338 cm³/mol. The van der Waals surface area contributed by atoms with Crippen molar-refractivity contribution in [2.75, 3.05) is 81.9 Å². The van der Waals surface area contributed by atoms with Gasteiger partial charge in [0.1, 0.15) is 36.3 Å². The minimum Gasteiger partial charge on any atom is -0.497 e. The highest BCUT2D eigenvalue weighted by Gasteiger charge is 2.43. The molecule has 5 amide bonds. The van der Waals surface area contributed by atoms with Gasteiger partial charge in [0, 0.05) is 64.3 Å². The third-order valence-corrected chi connectivity index (χ3v) is 16.4. The second-order valence-electron chi connectivity index (χ2n) is 24.7. The molecule has 488 valence electrons. The van der Waals surface area contributed by atoms with E-state index < -0.39 is 108 Å². The summed E-state index contributed by atoms with van der Waals surface area (Å²) in [6, 6.07) is 20.4. The van der Waals surface area contributed by atoms with Crippen molar-refractivity contribution in [1.29, 1.82) is 0 Å². The number of carbonyl (C=O) groups is 9. The molecule has 2 aliphatic heterocycles. The van der Waals surface area contributed by atoms with Gasteiger partial charge in [-0.25, -0.2) is 9.59 Å². The van der Waals surface area contributed by atoms with E-state index >= 15 is 4.79 Å². The Kier molecular flexibility index (Phi) is 25.9. The van der Waals surface area contributed by atoms with Crippen molar-refractivity contribution in [2.24, 2.45) is 11.3 Å². The monoisotopic (exact) mass is 1250 g/mol. The van der Waals surface area contributed by atoms with Gasteiger partial charge in [-0.3, -0.25) is 33.6 Å². The van der Waals surface area contributed by atoms with Crippen LogP contribution in [-0.4, -0.2) is 178 Å². The fraction of sp³-hybridized carbons (Fsp3) is 0.522. The lowest BCUT2D eigenvalue weighted by Crippen LogP contribution is -2.54. The van der Waals surface area contributed by atoms with E-state index in [0.717, 1.165) is 22.4 Å². The number of hydrogen-bond acceptors (Lipinski definition) is 16. The highest BCUT2D eigenvalue weighted by Crippen LogP contribution is 2.39. The largest absolute Gasteiger partial charge is 0.497 e. The van der Waals surface area contributed by atoms with Crippen LogP contribution in [0.15, 0.2) is 91.0 Å². The number of amides is 5. The van der Waals surface area contributed by atoms with Crippen LogP contribution in [0, 0.1) is 11.3 Å². The van der Waals surface area contributed by atoms with Crippen molar-refractivity contribution in [3.63, 3.8) is 0 Å². The first-order chi connectivity index (χ1) is 42.8. The normalized spacial score (nSPS) is 21.4. The Morgan fingerprint density at radius 1 is 0.756 bits per heavy atom. The molecule has 0 saturated carbocycles. The Bertz CT molecular complexity index is 3230. The first-order valence-corrected chi connectivity index (χ1v) is 30.9. The zero-order valence-corrected chi connectivity index (χ0v) is 54.4. The van der Waals surface area contributed by atoms with Crippen molar-refractivity contribution in [3.8, 4) is 23.0 Å². The van der Waals surface area contributed by atoms with E-state index in [-0.39, 0.29) is 76.2 Å². The van der Waals surface area contributed by atoms with Crippen LogP contribution < -0.4 is 24.3 Å². The van der Waals surface area contributed by atoms with Crippen LogP contribution >= 0.6 is 0 Å². The van der Waals surface area contributed by atoms with Crippen molar-refractivity contribution < 1.29 is 76.3 Å². The van der Waals surface area contributed by atoms with Gasteiger partial charge in [-0.05, 0) is 126 Å². The lowest BCUT2D eigenvalue weighted by Gasteiger charge is -2.36. The van der Waals surface area contributed by atoms with Crippen LogP contribution in [0.5, 0.6) is 23.0 Å². The Labute approximate surface area is 529 Å². The third kappa shape index (κ3) is 19.6. The number of aryl methyl sites for hydroxylation is 1. The molecule has 2 aliphatic rings. The molecule has 1 fully saturated rings. The highest BCUT2D eigenvalue weighted by molar-refractivity contribution is 6.38. The van der Waals surface area contributed by atoms with Crippen LogP contribution in [0.25, 0.3) is 10.8 Å². The van der Waals surface area contributed by atoms with Gasteiger partial charge in [-0.2, -0.15) is 0 Å². The number of cyclic esters (lactones) is 2. The Morgan fingerprint density at radius 2 is 1.50 bits per heavy atom. The van der Waals surface area contributed by atoms with E-state index in [0.29, 0.717) is 54.1 Å². The molecule has 0 aromatic heterocycles. The molecule has 90 heavy (non-hydrogen) atoms. The van der Waals surface area contributed by atoms with E-state index in [1.54, 1.807) is 57.2 Å². The number of fused-ring (bicyclic) bond motifs is 4. The second-order valence-corrected chi connectivity index (χ2v) is 24.7. The van der Waals surface area contributed by atoms with Crippen molar-refractivity contribution >= 4 is 63.8 Å². The van der Waals surface area contributed by atoms with Crippen LogP contribution in [-0.2, 0) is 70.2 Å². The van der Waals surface area contributed by atoms with Crippen molar-refractivity contribution in [1.82, 2.24) is 24.9 Å². The van der Waals surface area contributed by atoms with Gasteiger partial charge in [0.25, 0.3) is 11.8 Å². The zero-order chi connectivity index (χ0) is 65.9. The maximum absolute atomic E-state index is 15.2. The van der Waals surface area contributed by atoms with Gasteiger partial charge in [0.2, 0.25) is 23.5 Å². The summed E-state index contributed by atoms with van der Waals surface area (Å²) in [6.45, 7) is 8.87. The summed E-state index contributed by atoms with van der Waals surface area (Å²) >= 11 is 0. The molecule has 1 N–H and O–H groups in total. The summed E-state index contributed by atoms with van der Waals surface area (Å²) < 4.78 is 41.2. The number of ketones is 2. The minimum absolute atomic E-state index is 0.0860. The summed E-state index contributed by atoms with van der Waals surface area (Å²) in [5.41, 5.74) is -0.344. The maximum Gasteiger partial charge on any atom is 0.330 e.